The summed E-state index contributed by atoms with van der Waals surface area (Å²) in [5.74, 6) is 1.30. The third kappa shape index (κ3) is 3.55. The Morgan fingerprint density at radius 1 is 1.41 bits per heavy atom. The van der Waals surface area contributed by atoms with E-state index in [1.54, 1.807) is 6.07 Å². The molecule has 2 rings (SSSR count). The van der Waals surface area contributed by atoms with Crippen LogP contribution in [0, 0.1) is 5.92 Å². The van der Waals surface area contributed by atoms with Gasteiger partial charge in [0.1, 0.15) is 5.76 Å². The third-order valence-electron chi connectivity index (χ3n) is 2.88. The van der Waals surface area contributed by atoms with E-state index in [9.17, 15) is 8.42 Å². The van der Waals surface area contributed by atoms with Crippen molar-refractivity contribution in [3.8, 4) is 0 Å². The normalized spacial score (nSPS) is 16.3. The molecule has 6 heteroatoms. The summed E-state index contributed by atoms with van der Waals surface area (Å²) >= 11 is 0. The van der Waals surface area contributed by atoms with Crippen LogP contribution in [0.3, 0.4) is 0 Å². The highest BCUT2D eigenvalue weighted by atomic mass is 32.2. The maximum atomic E-state index is 11.8. The fraction of sp³-hybridized carbons (Fsp3) is 0.636. The van der Waals surface area contributed by atoms with Gasteiger partial charge in [-0.05, 0) is 30.9 Å². The minimum Gasteiger partial charge on any atom is -0.447 e. The summed E-state index contributed by atoms with van der Waals surface area (Å²) in [5.41, 5.74) is 5.36. The van der Waals surface area contributed by atoms with Crippen molar-refractivity contribution in [1.82, 2.24) is 4.72 Å². The molecule has 0 bridgehead atoms. The Labute approximate surface area is 101 Å². The van der Waals surface area contributed by atoms with Gasteiger partial charge < -0.3 is 10.2 Å². The van der Waals surface area contributed by atoms with E-state index in [-0.39, 0.29) is 11.6 Å². The average Bonchev–Trinajstić information content (AvgIpc) is 2.98. The second kappa shape index (κ2) is 5.20. The van der Waals surface area contributed by atoms with Crippen LogP contribution >= 0.6 is 0 Å². The molecular weight excluding hydrogens is 240 g/mol. The van der Waals surface area contributed by atoms with E-state index in [0.29, 0.717) is 12.3 Å². The molecule has 1 aliphatic carbocycles. The number of hydrogen-bond acceptors (Lipinski definition) is 4. The van der Waals surface area contributed by atoms with Crippen molar-refractivity contribution < 1.29 is 12.8 Å². The van der Waals surface area contributed by atoms with E-state index in [1.165, 1.54) is 18.9 Å². The molecule has 1 aromatic heterocycles. The second-order valence-electron chi connectivity index (χ2n) is 4.41. The molecule has 3 N–H and O–H groups in total. The van der Waals surface area contributed by atoms with E-state index < -0.39 is 10.0 Å². The van der Waals surface area contributed by atoms with Gasteiger partial charge in [0.2, 0.25) is 5.09 Å². The first-order valence-electron chi connectivity index (χ1n) is 5.90. The molecule has 0 radical (unpaired) electrons. The lowest BCUT2D eigenvalue weighted by Crippen LogP contribution is -2.24. The molecule has 0 aliphatic heterocycles. The highest BCUT2D eigenvalue weighted by Gasteiger charge is 2.21. The van der Waals surface area contributed by atoms with Crippen LogP contribution in [0.25, 0.3) is 0 Å². The van der Waals surface area contributed by atoms with Crippen LogP contribution in [0.4, 0.5) is 0 Å². The van der Waals surface area contributed by atoms with Gasteiger partial charge in [0, 0.05) is 6.54 Å². The molecule has 1 fully saturated rings. The van der Waals surface area contributed by atoms with Crippen LogP contribution in [0.15, 0.2) is 21.6 Å². The fourth-order valence-electron chi connectivity index (χ4n) is 1.69. The Bertz CT molecular complexity index is 463. The zero-order valence-electron chi connectivity index (χ0n) is 9.69. The second-order valence-corrected chi connectivity index (χ2v) is 6.11. The quantitative estimate of drug-likeness (QED) is 0.720. The number of sulfonamides is 1. The summed E-state index contributed by atoms with van der Waals surface area (Å²) in [6.45, 7) is 0.675. The average molecular weight is 258 g/mol. The lowest BCUT2D eigenvalue weighted by molar-refractivity contribution is 0.412. The molecule has 0 amide bonds. The number of hydrogen-bond donors (Lipinski definition) is 2. The largest absolute Gasteiger partial charge is 0.447 e. The lowest BCUT2D eigenvalue weighted by atomic mass is 10.2. The molecule has 1 heterocycles. The number of nitrogens with two attached hydrogens (primary N) is 1. The van der Waals surface area contributed by atoms with Crippen molar-refractivity contribution >= 4 is 10.0 Å². The number of rotatable bonds is 7. The van der Waals surface area contributed by atoms with Gasteiger partial charge in [-0.2, -0.15) is 0 Å². The van der Waals surface area contributed by atoms with Crippen molar-refractivity contribution in [2.45, 2.75) is 37.3 Å². The standard InChI is InChI=1S/C11H18N2O3S/c12-8-10-5-6-11(16-10)17(14,15)13-7-1-2-9-3-4-9/h5-6,9,13H,1-4,7-8,12H2. The van der Waals surface area contributed by atoms with Gasteiger partial charge >= 0.3 is 0 Å². The molecule has 0 atom stereocenters. The first-order valence-corrected chi connectivity index (χ1v) is 7.38. The Morgan fingerprint density at radius 3 is 2.76 bits per heavy atom. The Hall–Kier alpha value is -0.850. The minimum absolute atomic E-state index is 0.0515. The topological polar surface area (TPSA) is 85.3 Å². The summed E-state index contributed by atoms with van der Waals surface area (Å²) in [6, 6.07) is 3.02. The van der Waals surface area contributed by atoms with Crippen molar-refractivity contribution in [3.63, 3.8) is 0 Å². The highest BCUT2D eigenvalue weighted by Crippen LogP contribution is 2.33. The van der Waals surface area contributed by atoms with Crippen molar-refractivity contribution in [3.05, 3.63) is 17.9 Å². The molecule has 96 valence electrons. The summed E-state index contributed by atoms with van der Waals surface area (Å²) in [7, 11) is -3.50. The molecular formula is C11H18N2O3S. The molecule has 1 aliphatic rings. The molecule has 1 saturated carbocycles. The smallest absolute Gasteiger partial charge is 0.273 e. The zero-order valence-corrected chi connectivity index (χ0v) is 10.5. The maximum Gasteiger partial charge on any atom is 0.273 e. The molecule has 1 aromatic rings. The maximum absolute atomic E-state index is 11.8. The fourth-order valence-corrected chi connectivity index (χ4v) is 2.71. The summed E-state index contributed by atoms with van der Waals surface area (Å²) in [6.07, 6.45) is 4.58. The summed E-state index contributed by atoms with van der Waals surface area (Å²) in [5, 5.41) is -0.0515. The van der Waals surface area contributed by atoms with E-state index in [0.717, 1.165) is 18.8 Å². The third-order valence-corrected chi connectivity index (χ3v) is 4.21. The van der Waals surface area contributed by atoms with E-state index in [1.807, 2.05) is 0 Å². The zero-order chi connectivity index (χ0) is 12.3. The summed E-state index contributed by atoms with van der Waals surface area (Å²) < 4.78 is 31.2. The van der Waals surface area contributed by atoms with Gasteiger partial charge in [-0.3, -0.25) is 0 Å². The number of furan rings is 1. The molecule has 0 spiro atoms. The lowest BCUT2D eigenvalue weighted by Gasteiger charge is -2.03. The van der Waals surface area contributed by atoms with Crippen molar-refractivity contribution in [2.24, 2.45) is 11.7 Å². The number of nitrogens with one attached hydrogen (secondary N) is 1. The van der Waals surface area contributed by atoms with Crippen molar-refractivity contribution in [2.75, 3.05) is 6.54 Å². The summed E-state index contributed by atoms with van der Waals surface area (Å²) in [4.78, 5) is 0. The van der Waals surface area contributed by atoms with Crippen LogP contribution < -0.4 is 10.5 Å². The Balaban J connectivity index is 1.84. The predicted octanol–water partition coefficient (Wildman–Crippen LogP) is 1.21. The Morgan fingerprint density at radius 2 is 2.18 bits per heavy atom. The van der Waals surface area contributed by atoms with E-state index in [4.69, 9.17) is 10.2 Å². The van der Waals surface area contributed by atoms with Crippen LogP contribution in [-0.2, 0) is 16.6 Å². The van der Waals surface area contributed by atoms with Gasteiger partial charge in [-0.25, -0.2) is 13.1 Å². The monoisotopic (exact) mass is 258 g/mol. The van der Waals surface area contributed by atoms with Crippen LogP contribution in [-0.4, -0.2) is 15.0 Å². The molecule has 0 aromatic carbocycles. The van der Waals surface area contributed by atoms with Gasteiger partial charge in [-0.15, -0.1) is 0 Å². The molecule has 0 unspecified atom stereocenters. The van der Waals surface area contributed by atoms with Crippen LogP contribution in [0.1, 0.15) is 31.4 Å². The first kappa shape index (κ1) is 12.6. The van der Waals surface area contributed by atoms with Gasteiger partial charge in [0.15, 0.2) is 0 Å². The highest BCUT2D eigenvalue weighted by molar-refractivity contribution is 7.89. The van der Waals surface area contributed by atoms with Crippen LogP contribution in [0.5, 0.6) is 0 Å². The van der Waals surface area contributed by atoms with E-state index >= 15 is 0 Å². The molecule has 17 heavy (non-hydrogen) atoms. The Kier molecular flexibility index (Phi) is 3.86. The van der Waals surface area contributed by atoms with Gasteiger partial charge in [0.25, 0.3) is 10.0 Å². The van der Waals surface area contributed by atoms with Crippen LogP contribution in [0.2, 0.25) is 0 Å². The predicted molar refractivity (Wildman–Crippen MR) is 63.7 cm³/mol. The van der Waals surface area contributed by atoms with E-state index in [2.05, 4.69) is 4.72 Å². The van der Waals surface area contributed by atoms with Gasteiger partial charge in [-0.1, -0.05) is 12.8 Å². The first-order chi connectivity index (χ1) is 8.12. The molecule has 5 nitrogen and oxygen atoms in total. The SMILES string of the molecule is NCc1ccc(S(=O)(=O)NCCCC2CC2)o1. The minimum atomic E-state index is -3.50. The molecule has 0 saturated heterocycles. The van der Waals surface area contributed by atoms with Gasteiger partial charge in [0.05, 0.1) is 6.54 Å². The van der Waals surface area contributed by atoms with Crippen molar-refractivity contribution in [1.29, 1.82) is 0 Å².